The standard InChI is InChI=1S/C14H29NO2S/c1-6-10(2)18(16,17)13-9-11(14(3,4)5)7-8-12(13)15/h10-13H,6-9,15H2,1-5H3. The Morgan fingerprint density at radius 3 is 2.28 bits per heavy atom. The Hall–Kier alpha value is -0.0900. The zero-order chi connectivity index (χ0) is 14.1. The molecule has 108 valence electrons. The van der Waals surface area contributed by atoms with E-state index >= 15 is 0 Å². The second-order valence-corrected chi connectivity index (χ2v) is 9.47. The molecule has 1 rings (SSSR count). The van der Waals surface area contributed by atoms with E-state index in [9.17, 15) is 8.42 Å². The SMILES string of the molecule is CCC(C)S(=O)(=O)C1CC(C(C)(C)C)CCC1N. The molecule has 0 radical (unpaired) electrons. The van der Waals surface area contributed by atoms with Gasteiger partial charge >= 0.3 is 0 Å². The highest BCUT2D eigenvalue weighted by molar-refractivity contribution is 7.92. The largest absolute Gasteiger partial charge is 0.327 e. The molecule has 4 unspecified atom stereocenters. The molecule has 18 heavy (non-hydrogen) atoms. The lowest BCUT2D eigenvalue weighted by Gasteiger charge is -2.41. The van der Waals surface area contributed by atoms with Crippen LogP contribution in [0.4, 0.5) is 0 Å². The fourth-order valence-corrected chi connectivity index (χ4v) is 5.03. The molecule has 4 heteroatoms. The van der Waals surface area contributed by atoms with Gasteiger partial charge in [0, 0.05) is 6.04 Å². The summed E-state index contributed by atoms with van der Waals surface area (Å²) in [7, 11) is -3.08. The van der Waals surface area contributed by atoms with E-state index in [-0.39, 0.29) is 22.0 Å². The summed E-state index contributed by atoms with van der Waals surface area (Å²) in [5.74, 6) is 0.459. The van der Waals surface area contributed by atoms with Crippen molar-refractivity contribution in [1.82, 2.24) is 0 Å². The molecular formula is C14H29NO2S. The quantitative estimate of drug-likeness (QED) is 0.861. The van der Waals surface area contributed by atoms with Gasteiger partial charge in [-0.2, -0.15) is 0 Å². The van der Waals surface area contributed by atoms with Crippen LogP contribution in [0.5, 0.6) is 0 Å². The van der Waals surface area contributed by atoms with Crippen LogP contribution in [0.25, 0.3) is 0 Å². The van der Waals surface area contributed by atoms with Crippen molar-refractivity contribution in [3.05, 3.63) is 0 Å². The lowest BCUT2D eigenvalue weighted by Crippen LogP contribution is -2.49. The zero-order valence-corrected chi connectivity index (χ0v) is 13.3. The van der Waals surface area contributed by atoms with E-state index in [1.807, 2.05) is 13.8 Å². The van der Waals surface area contributed by atoms with Crippen molar-refractivity contribution in [3.8, 4) is 0 Å². The first-order chi connectivity index (χ1) is 8.10. The third-order valence-corrected chi connectivity index (χ3v) is 7.47. The maximum absolute atomic E-state index is 12.5. The molecule has 4 atom stereocenters. The van der Waals surface area contributed by atoms with Gasteiger partial charge in [-0.3, -0.25) is 0 Å². The first kappa shape index (κ1) is 16.0. The fourth-order valence-electron chi connectivity index (χ4n) is 2.85. The molecule has 0 aromatic rings. The van der Waals surface area contributed by atoms with Crippen molar-refractivity contribution in [2.75, 3.05) is 0 Å². The molecule has 0 aliphatic heterocycles. The summed E-state index contributed by atoms with van der Waals surface area (Å²) in [6.07, 6.45) is 3.29. The van der Waals surface area contributed by atoms with Gasteiger partial charge in [-0.1, -0.05) is 27.7 Å². The summed E-state index contributed by atoms with van der Waals surface area (Å²) >= 11 is 0. The number of hydrogen-bond acceptors (Lipinski definition) is 3. The molecule has 0 spiro atoms. The monoisotopic (exact) mass is 275 g/mol. The maximum Gasteiger partial charge on any atom is 0.157 e. The van der Waals surface area contributed by atoms with Crippen LogP contribution in [0, 0.1) is 11.3 Å². The molecule has 0 heterocycles. The van der Waals surface area contributed by atoms with Gasteiger partial charge in [-0.15, -0.1) is 0 Å². The smallest absolute Gasteiger partial charge is 0.157 e. The molecule has 1 aliphatic carbocycles. The normalized spacial score (nSPS) is 32.2. The van der Waals surface area contributed by atoms with Gasteiger partial charge < -0.3 is 5.73 Å². The summed E-state index contributed by atoms with van der Waals surface area (Å²) in [5, 5.41) is -0.613. The van der Waals surface area contributed by atoms with Crippen LogP contribution in [-0.4, -0.2) is 25.0 Å². The Kier molecular flexibility index (Phi) is 4.87. The second kappa shape index (κ2) is 5.49. The molecular weight excluding hydrogens is 246 g/mol. The topological polar surface area (TPSA) is 60.2 Å². The molecule has 0 bridgehead atoms. The first-order valence-corrected chi connectivity index (χ1v) is 8.70. The highest BCUT2D eigenvalue weighted by atomic mass is 32.2. The van der Waals surface area contributed by atoms with Crippen LogP contribution < -0.4 is 5.73 Å². The number of sulfone groups is 1. The first-order valence-electron chi connectivity index (χ1n) is 7.09. The molecule has 1 fully saturated rings. The number of hydrogen-bond donors (Lipinski definition) is 1. The zero-order valence-electron chi connectivity index (χ0n) is 12.4. The minimum absolute atomic E-state index is 0.170. The molecule has 0 saturated heterocycles. The van der Waals surface area contributed by atoms with Crippen LogP contribution in [0.3, 0.4) is 0 Å². The van der Waals surface area contributed by atoms with Gasteiger partial charge in [-0.05, 0) is 43.9 Å². The van der Waals surface area contributed by atoms with E-state index in [2.05, 4.69) is 20.8 Å². The van der Waals surface area contributed by atoms with Gasteiger partial charge in [0.1, 0.15) is 0 Å². The van der Waals surface area contributed by atoms with Crippen LogP contribution >= 0.6 is 0 Å². The fraction of sp³-hybridized carbons (Fsp3) is 1.00. The van der Waals surface area contributed by atoms with Gasteiger partial charge in [0.2, 0.25) is 0 Å². The van der Waals surface area contributed by atoms with Crippen LogP contribution in [-0.2, 0) is 9.84 Å². The van der Waals surface area contributed by atoms with Gasteiger partial charge in [0.05, 0.1) is 10.5 Å². The van der Waals surface area contributed by atoms with E-state index in [4.69, 9.17) is 5.73 Å². The van der Waals surface area contributed by atoms with E-state index in [0.29, 0.717) is 12.3 Å². The summed E-state index contributed by atoms with van der Waals surface area (Å²) in [4.78, 5) is 0. The molecule has 2 N–H and O–H groups in total. The molecule has 0 aromatic carbocycles. The average Bonchev–Trinajstić information content (AvgIpc) is 2.26. The average molecular weight is 275 g/mol. The van der Waals surface area contributed by atoms with Crippen molar-refractivity contribution in [2.45, 2.75) is 76.8 Å². The predicted octanol–water partition coefficient (Wildman–Crippen LogP) is 2.74. The summed E-state index contributed by atoms with van der Waals surface area (Å²) in [6, 6.07) is -0.178. The molecule has 0 amide bonds. The highest BCUT2D eigenvalue weighted by Crippen LogP contribution is 2.40. The van der Waals surface area contributed by atoms with Gasteiger partial charge in [0.15, 0.2) is 9.84 Å². The summed E-state index contributed by atoms with van der Waals surface area (Å²) in [6.45, 7) is 10.3. The van der Waals surface area contributed by atoms with Crippen molar-refractivity contribution in [1.29, 1.82) is 0 Å². The van der Waals surface area contributed by atoms with Crippen molar-refractivity contribution < 1.29 is 8.42 Å². The lowest BCUT2D eigenvalue weighted by atomic mass is 9.71. The summed E-state index contributed by atoms with van der Waals surface area (Å²) in [5.41, 5.74) is 6.25. The highest BCUT2D eigenvalue weighted by Gasteiger charge is 2.42. The summed E-state index contributed by atoms with van der Waals surface area (Å²) < 4.78 is 25.0. The second-order valence-electron chi connectivity index (χ2n) is 6.89. The lowest BCUT2D eigenvalue weighted by molar-refractivity contribution is 0.171. The molecule has 3 nitrogen and oxygen atoms in total. The minimum atomic E-state index is -3.08. The van der Waals surface area contributed by atoms with E-state index in [1.54, 1.807) is 0 Å². The minimum Gasteiger partial charge on any atom is -0.327 e. The van der Waals surface area contributed by atoms with Gasteiger partial charge in [0.25, 0.3) is 0 Å². The Morgan fingerprint density at radius 2 is 1.83 bits per heavy atom. The third-order valence-electron chi connectivity index (χ3n) is 4.63. The van der Waals surface area contributed by atoms with E-state index in [1.165, 1.54) is 0 Å². The Balaban J connectivity index is 2.93. The maximum atomic E-state index is 12.5. The molecule has 1 saturated carbocycles. The van der Waals surface area contributed by atoms with Crippen molar-refractivity contribution in [2.24, 2.45) is 17.1 Å². The van der Waals surface area contributed by atoms with Crippen molar-refractivity contribution in [3.63, 3.8) is 0 Å². The Labute approximate surface area is 112 Å². The van der Waals surface area contributed by atoms with E-state index in [0.717, 1.165) is 19.3 Å². The Morgan fingerprint density at radius 1 is 1.28 bits per heavy atom. The van der Waals surface area contributed by atoms with Crippen LogP contribution in [0.15, 0.2) is 0 Å². The van der Waals surface area contributed by atoms with Crippen molar-refractivity contribution >= 4 is 9.84 Å². The van der Waals surface area contributed by atoms with Crippen LogP contribution in [0.1, 0.15) is 60.3 Å². The molecule has 1 aliphatic rings. The third kappa shape index (κ3) is 3.27. The number of rotatable bonds is 3. The predicted molar refractivity (Wildman–Crippen MR) is 77.2 cm³/mol. The van der Waals surface area contributed by atoms with Gasteiger partial charge in [-0.25, -0.2) is 8.42 Å². The number of nitrogens with two attached hydrogens (primary N) is 1. The van der Waals surface area contributed by atoms with E-state index < -0.39 is 9.84 Å². The Bertz CT molecular complexity index is 370. The van der Waals surface area contributed by atoms with Crippen LogP contribution in [0.2, 0.25) is 0 Å². The molecule has 0 aromatic heterocycles.